The van der Waals surface area contributed by atoms with Gasteiger partial charge in [0.2, 0.25) is 5.88 Å². The molecule has 1 aliphatic rings. The van der Waals surface area contributed by atoms with E-state index in [1.807, 2.05) is 0 Å². The average molecular weight is 370 g/mol. The van der Waals surface area contributed by atoms with E-state index in [-0.39, 0.29) is 29.1 Å². The molecule has 0 bridgehead atoms. The summed E-state index contributed by atoms with van der Waals surface area (Å²) in [6.45, 7) is 0. The van der Waals surface area contributed by atoms with Crippen LogP contribution in [-0.4, -0.2) is 28.0 Å². The summed E-state index contributed by atoms with van der Waals surface area (Å²) < 4.78 is 25.2. The van der Waals surface area contributed by atoms with Crippen LogP contribution in [0.4, 0.5) is 10.4 Å². The van der Waals surface area contributed by atoms with Gasteiger partial charge < -0.3 is 20.2 Å². The Hall–Kier alpha value is -3.16. The van der Waals surface area contributed by atoms with Crippen LogP contribution < -0.4 is 15.8 Å². The van der Waals surface area contributed by atoms with Gasteiger partial charge in [-0.05, 0) is 49.9 Å². The normalized spacial score (nSPS) is 19.7. The second kappa shape index (κ2) is 7.22. The highest BCUT2D eigenvalue weighted by Gasteiger charge is 2.25. The van der Waals surface area contributed by atoms with E-state index in [9.17, 15) is 9.18 Å². The molecule has 140 valence electrons. The van der Waals surface area contributed by atoms with Crippen molar-refractivity contribution in [3.05, 3.63) is 47.9 Å². The van der Waals surface area contributed by atoms with Crippen LogP contribution >= 0.6 is 0 Å². The van der Waals surface area contributed by atoms with E-state index in [0.717, 1.165) is 25.7 Å². The van der Waals surface area contributed by atoms with Crippen molar-refractivity contribution in [2.75, 3.05) is 5.32 Å². The number of nitrogens with zero attached hydrogens (tertiary/aromatic N) is 2. The van der Waals surface area contributed by atoms with Gasteiger partial charge in [0.25, 0.3) is 11.9 Å². The maximum Gasteiger partial charge on any atom is 0.296 e. The predicted molar refractivity (Wildman–Crippen MR) is 97.0 cm³/mol. The molecule has 0 radical (unpaired) electrons. The third-order valence-corrected chi connectivity index (χ3v) is 4.69. The number of rotatable bonds is 5. The Bertz CT molecular complexity index is 966. The number of benzene rings is 1. The number of fused-ring (bicyclic) bond motifs is 1. The summed E-state index contributed by atoms with van der Waals surface area (Å²) >= 11 is 0. The fourth-order valence-corrected chi connectivity index (χ4v) is 3.31. The Morgan fingerprint density at radius 1 is 1.22 bits per heavy atom. The number of anilines is 1. The summed E-state index contributed by atoms with van der Waals surface area (Å²) in [6, 6.07) is 8.36. The lowest BCUT2D eigenvalue weighted by atomic mass is 9.93. The fraction of sp³-hybridized carbons (Fsp3) is 0.316. The number of primary amides is 1. The summed E-state index contributed by atoms with van der Waals surface area (Å²) in [7, 11) is 0. The molecule has 7 nitrogen and oxygen atoms in total. The van der Waals surface area contributed by atoms with Crippen LogP contribution in [0.25, 0.3) is 11.1 Å². The Morgan fingerprint density at radius 2 is 2.04 bits per heavy atom. The number of hydrogen-bond acceptors (Lipinski definition) is 6. The number of pyridine rings is 1. The van der Waals surface area contributed by atoms with Crippen molar-refractivity contribution in [3.8, 4) is 5.88 Å². The SMILES string of the molecule is NC(=O)c1cccnc1O[C@H]1CC[C@H](Nc2nc3c(F)cccc3o2)CC1. The summed E-state index contributed by atoms with van der Waals surface area (Å²) in [5, 5.41) is 3.22. The number of halogens is 1. The maximum atomic E-state index is 13.7. The number of nitrogens with two attached hydrogens (primary N) is 1. The Kier molecular flexibility index (Phi) is 4.62. The second-order valence-corrected chi connectivity index (χ2v) is 6.56. The van der Waals surface area contributed by atoms with Crippen molar-refractivity contribution in [2.24, 2.45) is 5.73 Å². The van der Waals surface area contributed by atoms with Gasteiger partial charge in [0.15, 0.2) is 11.4 Å². The first-order valence-electron chi connectivity index (χ1n) is 8.83. The van der Waals surface area contributed by atoms with Crippen LogP contribution in [0.3, 0.4) is 0 Å². The number of amides is 1. The molecule has 8 heteroatoms. The van der Waals surface area contributed by atoms with Gasteiger partial charge in [0.05, 0.1) is 0 Å². The van der Waals surface area contributed by atoms with Gasteiger partial charge in [0.1, 0.15) is 17.2 Å². The molecule has 3 aromatic rings. The maximum absolute atomic E-state index is 13.7. The number of oxazole rings is 1. The summed E-state index contributed by atoms with van der Waals surface area (Å²) in [6.07, 6.45) is 4.73. The minimum atomic E-state index is -0.559. The zero-order valence-corrected chi connectivity index (χ0v) is 14.5. The van der Waals surface area contributed by atoms with Crippen molar-refractivity contribution < 1.29 is 18.3 Å². The molecule has 0 spiro atoms. The molecular formula is C19H19FN4O3. The molecule has 1 fully saturated rings. The lowest BCUT2D eigenvalue weighted by Crippen LogP contribution is -2.32. The lowest BCUT2D eigenvalue weighted by Gasteiger charge is -2.29. The van der Waals surface area contributed by atoms with Crippen LogP contribution in [0.1, 0.15) is 36.0 Å². The van der Waals surface area contributed by atoms with Crippen molar-refractivity contribution >= 4 is 23.0 Å². The van der Waals surface area contributed by atoms with Gasteiger partial charge >= 0.3 is 0 Å². The van der Waals surface area contributed by atoms with E-state index in [2.05, 4.69) is 15.3 Å². The van der Waals surface area contributed by atoms with Gasteiger partial charge in [-0.1, -0.05) is 6.07 Å². The van der Waals surface area contributed by atoms with Gasteiger partial charge in [-0.15, -0.1) is 0 Å². The Morgan fingerprint density at radius 3 is 2.78 bits per heavy atom. The molecule has 1 saturated carbocycles. The van der Waals surface area contributed by atoms with Crippen molar-refractivity contribution in [1.82, 2.24) is 9.97 Å². The standard InChI is InChI=1S/C19H19FN4O3/c20-14-4-1-5-15-16(14)24-19(27-15)23-11-6-8-12(9-7-11)26-18-13(17(21)25)3-2-10-22-18/h1-5,10-12H,6-9H2,(H2,21,25)(H,23,24)/t11-,12-. The molecule has 0 aliphatic heterocycles. The zero-order chi connectivity index (χ0) is 18.8. The molecular weight excluding hydrogens is 351 g/mol. The van der Waals surface area contributed by atoms with E-state index in [0.29, 0.717) is 11.6 Å². The number of nitrogens with one attached hydrogen (secondary N) is 1. The summed E-state index contributed by atoms with van der Waals surface area (Å²) in [4.78, 5) is 19.8. The topological polar surface area (TPSA) is 103 Å². The van der Waals surface area contributed by atoms with E-state index in [1.54, 1.807) is 30.5 Å². The van der Waals surface area contributed by atoms with E-state index >= 15 is 0 Å². The smallest absolute Gasteiger partial charge is 0.296 e. The summed E-state index contributed by atoms with van der Waals surface area (Å²) in [5.74, 6) is -0.686. The monoisotopic (exact) mass is 370 g/mol. The molecule has 1 amide bonds. The first-order chi connectivity index (χ1) is 13.1. The Labute approximate surface area is 154 Å². The third kappa shape index (κ3) is 3.69. The number of aromatic nitrogens is 2. The largest absolute Gasteiger partial charge is 0.474 e. The number of hydrogen-bond donors (Lipinski definition) is 2. The van der Waals surface area contributed by atoms with E-state index in [4.69, 9.17) is 14.9 Å². The fourth-order valence-electron chi connectivity index (χ4n) is 3.31. The number of carbonyl (C=O) groups excluding carboxylic acids is 1. The lowest BCUT2D eigenvalue weighted by molar-refractivity contribution is 0.0983. The number of carbonyl (C=O) groups is 1. The molecule has 1 aromatic carbocycles. The van der Waals surface area contributed by atoms with E-state index in [1.165, 1.54) is 6.07 Å². The number of para-hydroxylation sites is 1. The molecule has 2 heterocycles. The number of ether oxygens (including phenoxy) is 1. The first-order valence-corrected chi connectivity index (χ1v) is 8.83. The Balaban J connectivity index is 1.36. The van der Waals surface area contributed by atoms with E-state index < -0.39 is 11.7 Å². The minimum Gasteiger partial charge on any atom is -0.474 e. The van der Waals surface area contributed by atoms with Crippen molar-refractivity contribution in [1.29, 1.82) is 0 Å². The molecule has 0 atom stereocenters. The molecule has 27 heavy (non-hydrogen) atoms. The van der Waals surface area contributed by atoms with Crippen LogP contribution in [-0.2, 0) is 0 Å². The molecule has 0 unspecified atom stereocenters. The molecule has 1 aliphatic carbocycles. The molecule has 2 aromatic heterocycles. The van der Waals surface area contributed by atoms with Crippen LogP contribution in [0.2, 0.25) is 0 Å². The minimum absolute atomic E-state index is 0.0443. The van der Waals surface area contributed by atoms with Crippen molar-refractivity contribution in [3.63, 3.8) is 0 Å². The predicted octanol–water partition coefficient (Wildman–Crippen LogP) is 3.26. The first kappa shape index (κ1) is 17.3. The zero-order valence-electron chi connectivity index (χ0n) is 14.5. The highest BCUT2D eigenvalue weighted by molar-refractivity contribution is 5.94. The van der Waals surface area contributed by atoms with Gasteiger partial charge in [0, 0.05) is 12.2 Å². The van der Waals surface area contributed by atoms with Crippen LogP contribution in [0.15, 0.2) is 40.9 Å². The average Bonchev–Trinajstić information content (AvgIpc) is 3.08. The molecule has 4 rings (SSSR count). The van der Waals surface area contributed by atoms with Gasteiger partial charge in [-0.25, -0.2) is 9.37 Å². The van der Waals surface area contributed by atoms with Crippen molar-refractivity contribution in [2.45, 2.75) is 37.8 Å². The van der Waals surface area contributed by atoms with Crippen LogP contribution in [0, 0.1) is 5.82 Å². The second-order valence-electron chi connectivity index (χ2n) is 6.56. The van der Waals surface area contributed by atoms with Gasteiger partial charge in [-0.2, -0.15) is 4.98 Å². The van der Waals surface area contributed by atoms with Gasteiger partial charge in [-0.3, -0.25) is 4.79 Å². The summed E-state index contributed by atoms with van der Waals surface area (Å²) in [5.41, 5.74) is 6.29. The highest BCUT2D eigenvalue weighted by atomic mass is 19.1. The molecule has 0 saturated heterocycles. The molecule has 3 N–H and O–H groups in total. The highest BCUT2D eigenvalue weighted by Crippen LogP contribution is 2.28. The third-order valence-electron chi connectivity index (χ3n) is 4.69. The van der Waals surface area contributed by atoms with Crippen LogP contribution in [0.5, 0.6) is 5.88 Å². The quantitative estimate of drug-likeness (QED) is 0.714.